The Morgan fingerprint density at radius 2 is 2.55 bits per heavy atom. The average molecular weight is 165 g/mol. The van der Waals surface area contributed by atoms with Crippen LogP contribution in [0, 0.1) is 17.2 Å². The van der Waals surface area contributed by atoms with E-state index in [1.54, 1.807) is 11.3 Å². The predicted molar refractivity (Wildman–Crippen MR) is 47.4 cm³/mol. The van der Waals surface area contributed by atoms with E-state index >= 15 is 0 Å². The Morgan fingerprint density at radius 1 is 1.73 bits per heavy atom. The molecule has 1 nitrogen and oxygen atoms in total. The molecule has 1 unspecified atom stereocenters. The molecule has 0 N–H and O–H groups in total. The molecule has 1 rings (SSSR count). The molecule has 0 saturated heterocycles. The summed E-state index contributed by atoms with van der Waals surface area (Å²) < 4.78 is 0. The van der Waals surface area contributed by atoms with Crippen LogP contribution in [0.2, 0.25) is 0 Å². The molecule has 0 fully saturated rings. The van der Waals surface area contributed by atoms with Crippen LogP contribution in [0.4, 0.5) is 0 Å². The van der Waals surface area contributed by atoms with Gasteiger partial charge < -0.3 is 0 Å². The largest absolute Gasteiger partial charge is 0.198 e. The summed E-state index contributed by atoms with van der Waals surface area (Å²) in [5.74, 6) is 0.202. The van der Waals surface area contributed by atoms with Crippen molar-refractivity contribution in [3.05, 3.63) is 22.4 Å². The molecular weight excluding hydrogens is 154 g/mol. The van der Waals surface area contributed by atoms with Gasteiger partial charge >= 0.3 is 0 Å². The third kappa shape index (κ3) is 2.36. The van der Waals surface area contributed by atoms with Crippen molar-refractivity contribution in [2.24, 2.45) is 5.92 Å². The quantitative estimate of drug-likeness (QED) is 0.675. The van der Waals surface area contributed by atoms with Crippen LogP contribution < -0.4 is 0 Å². The summed E-state index contributed by atoms with van der Waals surface area (Å²) in [4.78, 5) is 1.32. The average Bonchev–Trinajstić information content (AvgIpc) is 2.52. The number of rotatable bonds is 3. The Kier molecular flexibility index (Phi) is 3.13. The van der Waals surface area contributed by atoms with Crippen LogP contribution in [0.1, 0.15) is 18.2 Å². The van der Waals surface area contributed by atoms with E-state index in [1.165, 1.54) is 4.88 Å². The summed E-state index contributed by atoms with van der Waals surface area (Å²) in [6.07, 6.45) is 1.87. The lowest BCUT2D eigenvalue weighted by molar-refractivity contribution is 0.644. The molecule has 0 amide bonds. The van der Waals surface area contributed by atoms with Crippen LogP contribution in [0.15, 0.2) is 17.5 Å². The fourth-order valence-corrected chi connectivity index (χ4v) is 1.74. The van der Waals surface area contributed by atoms with Crippen LogP contribution >= 0.6 is 11.3 Å². The minimum absolute atomic E-state index is 0.202. The zero-order valence-corrected chi connectivity index (χ0v) is 7.40. The molecule has 2 heteroatoms. The van der Waals surface area contributed by atoms with Crippen LogP contribution in [-0.4, -0.2) is 0 Å². The van der Waals surface area contributed by atoms with Gasteiger partial charge in [-0.2, -0.15) is 5.26 Å². The number of nitriles is 1. The highest BCUT2D eigenvalue weighted by molar-refractivity contribution is 7.09. The molecule has 1 aromatic rings. The molecule has 0 aromatic carbocycles. The van der Waals surface area contributed by atoms with Gasteiger partial charge in [-0.15, -0.1) is 11.3 Å². The molecule has 0 saturated carbocycles. The number of hydrogen-bond donors (Lipinski definition) is 0. The standard InChI is InChI=1S/C9H11NS/c1-2-8(7-10)6-9-4-3-5-11-9/h3-5,8H,2,6H2,1H3. The molecule has 0 spiro atoms. The van der Waals surface area contributed by atoms with Crippen molar-refractivity contribution < 1.29 is 0 Å². The molecule has 1 heterocycles. The zero-order chi connectivity index (χ0) is 8.10. The predicted octanol–water partition coefficient (Wildman–Crippen LogP) is 2.84. The van der Waals surface area contributed by atoms with Gasteiger partial charge in [0, 0.05) is 4.88 Å². The SMILES string of the molecule is CCC(C#N)Cc1cccs1. The molecule has 0 radical (unpaired) electrons. The monoisotopic (exact) mass is 165 g/mol. The van der Waals surface area contributed by atoms with Crippen molar-refractivity contribution in [3.63, 3.8) is 0 Å². The third-order valence-corrected chi connectivity index (χ3v) is 2.60. The van der Waals surface area contributed by atoms with Gasteiger partial charge in [-0.25, -0.2) is 0 Å². The van der Waals surface area contributed by atoms with E-state index in [1.807, 2.05) is 6.07 Å². The maximum absolute atomic E-state index is 8.68. The number of thiophene rings is 1. The molecule has 58 valence electrons. The molecule has 1 atom stereocenters. The molecule has 0 aliphatic rings. The Balaban J connectivity index is 2.49. The van der Waals surface area contributed by atoms with Gasteiger partial charge in [-0.05, 0) is 24.3 Å². The van der Waals surface area contributed by atoms with Crippen molar-refractivity contribution in [2.75, 3.05) is 0 Å². The number of nitrogens with zero attached hydrogens (tertiary/aromatic N) is 1. The zero-order valence-electron chi connectivity index (χ0n) is 6.58. The first-order chi connectivity index (χ1) is 5.36. The van der Waals surface area contributed by atoms with Gasteiger partial charge in [-0.3, -0.25) is 0 Å². The van der Waals surface area contributed by atoms with Crippen molar-refractivity contribution in [3.8, 4) is 6.07 Å². The van der Waals surface area contributed by atoms with Crippen molar-refractivity contribution >= 4 is 11.3 Å². The maximum atomic E-state index is 8.68. The van der Waals surface area contributed by atoms with E-state index in [2.05, 4.69) is 24.4 Å². The Hall–Kier alpha value is -0.810. The minimum atomic E-state index is 0.202. The highest BCUT2D eigenvalue weighted by Crippen LogP contribution is 2.15. The molecule has 1 aromatic heterocycles. The highest BCUT2D eigenvalue weighted by Gasteiger charge is 2.05. The Morgan fingerprint density at radius 3 is 3.00 bits per heavy atom. The van der Waals surface area contributed by atoms with Gasteiger partial charge in [-0.1, -0.05) is 13.0 Å². The third-order valence-electron chi connectivity index (χ3n) is 1.70. The van der Waals surface area contributed by atoms with Crippen LogP contribution in [0.5, 0.6) is 0 Å². The second-order valence-corrected chi connectivity index (χ2v) is 3.55. The Bertz CT molecular complexity index is 233. The van der Waals surface area contributed by atoms with Crippen molar-refractivity contribution in [2.45, 2.75) is 19.8 Å². The normalized spacial score (nSPS) is 12.4. The van der Waals surface area contributed by atoms with E-state index in [9.17, 15) is 0 Å². The van der Waals surface area contributed by atoms with Crippen LogP contribution in [0.25, 0.3) is 0 Å². The van der Waals surface area contributed by atoms with E-state index < -0.39 is 0 Å². The first-order valence-corrected chi connectivity index (χ1v) is 4.66. The second-order valence-electron chi connectivity index (χ2n) is 2.52. The van der Waals surface area contributed by atoms with E-state index in [0.717, 1.165) is 12.8 Å². The second kappa shape index (κ2) is 4.15. The van der Waals surface area contributed by atoms with Crippen LogP contribution in [-0.2, 0) is 6.42 Å². The summed E-state index contributed by atoms with van der Waals surface area (Å²) in [7, 11) is 0. The topological polar surface area (TPSA) is 23.8 Å². The number of hydrogen-bond acceptors (Lipinski definition) is 2. The summed E-state index contributed by atoms with van der Waals surface area (Å²) in [5, 5.41) is 10.7. The molecule has 0 aliphatic heterocycles. The molecular formula is C9H11NS. The lowest BCUT2D eigenvalue weighted by Crippen LogP contribution is -1.97. The summed E-state index contributed by atoms with van der Waals surface area (Å²) in [6.45, 7) is 2.06. The first kappa shape index (κ1) is 8.29. The lowest BCUT2D eigenvalue weighted by atomic mass is 10.0. The molecule has 0 aliphatic carbocycles. The fraction of sp³-hybridized carbons (Fsp3) is 0.444. The maximum Gasteiger partial charge on any atom is 0.0659 e. The highest BCUT2D eigenvalue weighted by atomic mass is 32.1. The lowest BCUT2D eigenvalue weighted by Gasteiger charge is -2.01. The summed E-state index contributed by atoms with van der Waals surface area (Å²) in [5.41, 5.74) is 0. The molecule has 11 heavy (non-hydrogen) atoms. The van der Waals surface area contributed by atoms with E-state index in [0.29, 0.717) is 0 Å². The molecule has 0 bridgehead atoms. The summed E-state index contributed by atoms with van der Waals surface area (Å²) >= 11 is 1.73. The van der Waals surface area contributed by atoms with Gasteiger partial charge in [0.1, 0.15) is 0 Å². The smallest absolute Gasteiger partial charge is 0.0659 e. The fourth-order valence-electron chi connectivity index (χ4n) is 0.953. The van der Waals surface area contributed by atoms with Crippen molar-refractivity contribution in [1.82, 2.24) is 0 Å². The first-order valence-electron chi connectivity index (χ1n) is 3.78. The minimum Gasteiger partial charge on any atom is -0.198 e. The van der Waals surface area contributed by atoms with E-state index in [4.69, 9.17) is 5.26 Å². The van der Waals surface area contributed by atoms with Crippen molar-refractivity contribution in [1.29, 1.82) is 5.26 Å². The van der Waals surface area contributed by atoms with Gasteiger partial charge in [0.25, 0.3) is 0 Å². The van der Waals surface area contributed by atoms with Gasteiger partial charge in [0.05, 0.1) is 12.0 Å². The van der Waals surface area contributed by atoms with Gasteiger partial charge in [0.15, 0.2) is 0 Å². The van der Waals surface area contributed by atoms with E-state index in [-0.39, 0.29) is 5.92 Å². The summed E-state index contributed by atoms with van der Waals surface area (Å²) in [6, 6.07) is 6.42. The van der Waals surface area contributed by atoms with Gasteiger partial charge in [0.2, 0.25) is 0 Å². The Labute approximate surface area is 71.3 Å². The van der Waals surface area contributed by atoms with Crippen LogP contribution in [0.3, 0.4) is 0 Å².